The predicted molar refractivity (Wildman–Crippen MR) is 124 cm³/mol. The van der Waals surface area contributed by atoms with Gasteiger partial charge < -0.3 is 24.8 Å². The number of hydrogen-bond donors (Lipinski definition) is 3. The summed E-state index contributed by atoms with van der Waals surface area (Å²) in [6.07, 6.45) is 1.33. The molecule has 2 aromatic rings. The van der Waals surface area contributed by atoms with Gasteiger partial charge in [0.05, 0.1) is 19.9 Å². The number of rotatable bonds is 10. The molecule has 0 aromatic heterocycles. The second-order valence-electron chi connectivity index (χ2n) is 6.65. The van der Waals surface area contributed by atoms with Crippen LogP contribution in [0.1, 0.15) is 11.1 Å². The predicted octanol–water partition coefficient (Wildman–Crippen LogP) is 1.89. The molecule has 3 N–H and O–H groups in total. The normalized spacial score (nSPS) is 10.5. The van der Waals surface area contributed by atoms with Crippen LogP contribution in [-0.4, -0.2) is 57.9 Å². The topological polar surface area (TPSA) is 127 Å². The van der Waals surface area contributed by atoms with Crippen LogP contribution in [0.15, 0.2) is 41.5 Å². The van der Waals surface area contributed by atoms with Crippen molar-refractivity contribution in [2.75, 3.05) is 39.3 Å². The van der Waals surface area contributed by atoms with Crippen molar-refractivity contribution in [1.29, 1.82) is 0 Å². The first kappa shape index (κ1) is 25.6. The van der Waals surface area contributed by atoms with Gasteiger partial charge in [0.25, 0.3) is 5.91 Å². The molecule has 0 radical (unpaired) electrons. The fraction of sp³-hybridized carbons (Fsp3) is 0.273. The minimum atomic E-state index is -0.907. The molecule has 0 fully saturated rings. The third-order valence-corrected chi connectivity index (χ3v) is 4.43. The van der Waals surface area contributed by atoms with E-state index in [0.29, 0.717) is 34.4 Å². The van der Waals surface area contributed by atoms with Crippen LogP contribution in [0.2, 0.25) is 5.02 Å². The summed E-state index contributed by atoms with van der Waals surface area (Å²) in [6.45, 7) is 2.11. The number of anilines is 1. The Hall–Kier alpha value is -3.63. The summed E-state index contributed by atoms with van der Waals surface area (Å²) < 4.78 is 15.6. The van der Waals surface area contributed by atoms with Crippen molar-refractivity contribution < 1.29 is 28.6 Å². The largest absolute Gasteiger partial charge is 0.493 e. The molecule has 0 unspecified atom stereocenters. The van der Waals surface area contributed by atoms with Crippen LogP contribution in [0.3, 0.4) is 0 Å². The molecule has 33 heavy (non-hydrogen) atoms. The van der Waals surface area contributed by atoms with Gasteiger partial charge in [-0.3, -0.25) is 14.4 Å². The second kappa shape index (κ2) is 13.0. The Labute approximate surface area is 196 Å². The van der Waals surface area contributed by atoms with Crippen molar-refractivity contribution in [1.82, 2.24) is 10.7 Å². The summed E-state index contributed by atoms with van der Waals surface area (Å²) >= 11 is 5.96. The average molecular weight is 477 g/mol. The molecule has 0 aliphatic rings. The summed E-state index contributed by atoms with van der Waals surface area (Å²) in [7, 11) is 2.93. The van der Waals surface area contributed by atoms with E-state index in [2.05, 4.69) is 21.2 Å². The minimum Gasteiger partial charge on any atom is -0.493 e. The van der Waals surface area contributed by atoms with E-state index in [1.54, 1.807) is 36.4 Å². The fourth-order valence-corrected chi connectivity index (χ4v) is 2.68. The highest BCUT2D eigenvalue weighted by molar-refractivity contribution is 6.35. The van der Waals surface area contributed by atoms with E-state index < -0.39 is 11.8 Å². The number of carbonyl (C=O) groups is 3. The van der Waals surface area contributed by atoms with Crippen LogP contribution < -0.4 is 25.5 Å². The van der Waals surface area contributed by atoms with Gasteiger partial charge in [-0.25, -0.2) is 5.43 Å². The number of hydrazone groups is 1. The number of nitrogens with one attached hydrogen (secondary N) is 3. The highest BCUT2D eigenvalue weighted by Crippen LogP contribution is 2.27. The second-order valence-corrected chi connectivity index (χ2v) is 7.09. The Morgan fingerprint density at radius 1 is 1.06 bits per heavy atom. The number of methoxy groups -OCH3 is 2. The Kier molecular flexibility index (Phi) is 10.1. The summed E-state index contributed by atoms with van der Waals surface area (Å²) in [4.78, 5) is 35.4. The first-order chi connectivity index (χ1) is 15.8. The molecule has 0 atom stereocenters. The lowest BCUT2D eigenvalue weighted by Crippen LogP contribution is -2.39. The summed E-state index contributed by atoms with van der Waals surface area (Å²) in [5, 5.41) is 9.38. The van der Waals surface area contributed by atoms with E-state index in [-0.39, 0.29) is 19.1 Å². The Bertz CT molecular complexity index is 1030. The number of benzene rings is 2. The lowest BCUT2D eigenvalue weighted by atomic mass is 10.2. The van der Waals surface area contributed by atoms with E-state index in [1.807, 2.05) is 6.92 Å². The average Bonchev–Trinajstić information content (AvgIpc) is 2.80. The number of nitrogens with zero attached hydrogens (tertiary/aromatic N) is 1. The molecule has 0 aliphatic carbocycles. The van der Waals surface area contributed by atoms with E-state index in [1.165, 1.54) is 20.4 Å². The Balaban J connectivity index is 1.91. The van der Waals surface area contributed by atoms with Crippen molar-refractivity contribution >= 4 is 41.2 Å². The van der Waals surface area contributed by atoms with Gasteiger partial charge >= 0.3 is 11.8 Å². The quantitative estimate of drug-likeness (QED) is 0.208. The number of carbonyl (C=O) groups excluding carboxylic acids is 3. The SMILES string of the molecule is COCCNC(=O)C(=O)N/N=C\c1ccc(OCC(=O)Nc2cc(Cl)ccc2C)c(OC)c1. The van der Waals surface area contributed by atoms with Gasteiger partial charge in [-0.2, -0.15) is 5.10 Å². The van der Waals surface area contributed by atoms with Crippen molar-refractivity contribution in [3.63, 3.8) is 0 Å². The van der Waals surface area contributed by atoms with Gasteiger partial charge in [0, 0.05) is 24.4 Å². The number of hydrogen-bond acceptors (Lipinski definition) is 7. The van der Waals surface area contributed by atoms with Gasteiger partial charge in [-0.05, 0) is 48.4 Å². The number of ether oxygens (including phenoxy) is 3. The first-order valence-corrected chi connectivity index (χ1v) is 10.2. The maximum atomic E-state index is 12.2. The highest BCUT2D eigenvalue weighted by atomic mass is 35.5. The molecule has 0 aliphatic heterocycles. The lowest BCUT2D eigenvalue weighted by molar-refractivity contribution is -0.139. The molecular formula is C22H25ClN4O6. The van der Waals surface area contributed by atoms with Gasteiger partial charge in [0.1, 0.15) is 0 Å². The van der Waals surface area contributed by atoms with Gasteiger partial charge in [0.15, 0.2) is 18.1 Å². The van der Waals surface area contributed by atoms with E-state index >= 15 is 0 Å². The van der Waals surface area contributed by atoms with Crippen molar-refractivity contribution in [3.05, 3.63) is 52.5 Å². The van der Waals surface area contributed by atoms with Crippen molar-refractivity contribution in [3.8, 4) is 11.5 Å². The van der Waals surface area contributed by atoms with E-state index in [0.717, 1.165) is 5.56 Å². The Morgan fingerprint density at radius 3 is 2.58 bits per heavy atom. The first-order valence-electron chi connectivity index (χ1n) is 9.81. The van der Waals surface area contributed by atoms with E-state index in [4.69, 9.17) is 25.8 Å². The number of aryl methyl sites for hydroxylation is 1. The van der Waals surface area contributed by atoms with Crippen molar-refractivity contribution in [2.45, 2.75) is 6.92 Å². The zero-order valence-electron chi connectivity index (χ0n) is 18.4. The van der Waals surface area contributed by atoms with Gasteiger partial charge in [-0.1, -0.05) is 17.7 Å². The van der Waals surface area contributed by atoms with Crippen LogP contribution in [0, 0.1) is 6.92 Å². The van der Waals surface area contributed by atoms with Crippen LogP contribution in [0.4, 0.5) is 5.69 Å². The van der Waals surface area contributed by atoms with Crippen LogP contribution in [-0.2, 0) is 19.1 Å². The lowest BCUT2D eigenvalue weighted by Gasteiger charge is -2.12. The molecule has 10 nitrogen and oxygen atoms in total. The summed E-state index contributed by atoms with van der Waals surface area (Å²) in [6, 6.07) is 10.0. The standard InChI is InChI=1S/C22H25ClN4O6/c1-14-4-6-16(23)11-17(14)26-20(28)13-33-18-7-5-15(10-19(18)32-3)12-25-27-22(30)21(29)24-8-9-31-2/h4-7,10-12H,8-9,13H2,1-3H3,(H,24,29)(H,26,28)(H,27,30)/b25-12-. The van der Waals surface area contributed by atoms with Gasteiger partial charge in [0.2, 0.25) is 0 Å². The molecule has 2 rings (SSSR count). The number of halogens is 1. The maximum Gasteiger partial charge on any atom is 0.329 e. The van der Waals surface area contributed by atoms with Crippen molar-refractivity contribution in [2.24, 2.45) is 5.10 Å². The minimum absolute atomic E-state index is 0.210. The fourth-order valence-electron chi connectivity index (χ4n) is 2.51. The molecule has 3 amide bonds. The zero-order chi connectivity index (χ0) is 24.2. The third kappa shape index (κ3) is 8.43. The summed E-state index contributed by atoms with van der Waals surface area (Å²) in [5.74, 6) is -1.39. The molecule has 0 spiro atoms. The number of amides is 3. The molecule has 11 heteroatoms. The molecule has 2 aromatic carbocycles. The smallest absolute Gasteiger partial charge is 0.329 e. The van der Waals surface area contributed by atoms with Crippen LogP contribution in [0.5, 0.6) is 11.5 Å². The third-order valence-electron chi connectivity index (χ3n) is 4.20. The maximum absolute atomic E-state index is 12.2. The summed E-state index contributed by atoms with van der Waals surface area (Å²) in [5.41, 5.74) is 4.16. The monoisotopic (exact) mass is 476 g/mol. The molecule has 0 bridgehead atoms. The zero-order valence-corrected chi connectivity index (χ0v) is 19.2. The van der Waals surface area contributed by atoms with Crippen LogP contribution >= 0.6 is 11.6 Å². The molecule has 0 saturated heterocycles. The molecule has 176 valence electrons. The molecule has 0 saturated carbocycles. The Morgan fingerprint density at radius 2 is 1.85 bits per heavy atom. The molecular weight excluding hydrogens is 452 g/mol. The molecule has 0 heterocycles. The van der Waals surface area contributed by atoms with Crippen LogP contribution in [0.25, 0.3) is 0 Å². The van der Waals surface area contributed by atoms with E-state index in [9.17, 15) is 14.4 Å². The highest BCUT2D eigenvalue weighted by Gasteiger charge is 2.12. The van der Waals surface area contributed by atoms with Gasteiger partial charge in [-0.15, -0.1) is 0 Å².